The van der Waals surface area contributed by atoms with Gasteiger partial charge in [-0.15, -0.1) is 0 Å². The number of rotatable bonds is 1. The maximum atomic E-state index is 2.38. The molecule has 2 unspecified atom stereocenters. The lowest BCUT2D eigenvalue weighted by Crippen LogP contribution is -2.05. The third-order valence-corrected chi connectivity index (χ3v) is 4.27. The van der Waals surface area contributed by atoms with Crippen LogP contribution in [0.4, 0.5) is 0 Å². The summed E-state index contributed by atoms with van der Waals surface area (Å²) in [5.41, 5.74) is 5.92. The molecule has 0 aromatic heterocycles. The summed E-state index contributed by atoms with van der Waals surface area (Å²) < 4.78 is 0. The minimum absolute atomic E-state index is 0.490. The second-order valence-electron chi connectivity index (χ2n) is 5.42. The lowest BCUT2D eigenvalue weighted by Gasteiger charge is -2.15. The van der Waals surface area contributed by atoms with Crippen molar-refractivity contribution in [1.82, 2.24) is 0 Å². The van der Waals surface area contributed by atoms with Crippen molar-refractivity contribution in [3.05, 3.63) is 89.1 Å². The topological polar surface area (TPSA) is 0 Å². The highest BCUT2D eigenvalue weighted by molar-refractivity contribution is 5.66. The summed E-state index contributed by atoms with van der Waals surface area (Å²) in [4.78, 5) is 0. The van der Waals surface area contributed by atoms with Gasteiger partial charge in [0.1, 0.15) is 0 Å². The van der Waals surface area contributed by atoms with Crippen LogP contribution >= 0.6 is 0 Å². The van der Waals surface area contributed by atoms with E-state index >= 15 is 0 Å². The van der Waals surface area contributed by atoms with Crippen molar-refractivity contribution in [3.8, 4) is 0 Å². The molecule has 0 nitrogen and oxygen atoms in total. The van der Waals surface area contributed by atoms with Crippen molar-refractivity contribution in [2.45, 2.75) is 6.42 Å². The van der Waals surface area contributed by atoms with E-state index in [0.717, 1.165) is 6.42 Å². The first-order valence-electron chi connectivity index (χ1n) is 6.93. The predicted octanol–water partition coefficient (Wildman–Crippen LogP) is 4.48. The molecule has 0 heteroatoms. The molecule has 1 aromatic rings. The smallest absolute Gasteiger partial charge is 0.0206 e. The first kappa shape index (κ1) is 10.8. The maximum Gasteiger partial charge on any atom is 0.0206 e. The molecule has 3 aliphatic carbocycles. The van der Waals surface area contributed by atoms with E-state index in [1.165, 1.54) is 22.3 Å². The molecule has 0 radical (unpaired) electrons. The minimum Gasteiger partial charge on any atom is -0.0766 e. The summed E-state index contributed by atoms with van der Waals surface area (Å²) in [5.74, 6) is 0.981. The first-order valence-corrected chi connectivity index (χ1v) is 6.93. The highest BCUT2D eigenvalue weighted by Gasteiger charge is 2.28. The molecule has 4 rings (SSSR count). The van der Waals surface area contributed by atoms with Gasteiger partial charge in [0.05, 0.1) is 0 Å². The van der Waals surface area contributed by atoms with E-state index in [-0.39, 0.29) is 0 Å². The number of benzene rings is 1. The van der Waals surface area contributed by atoms with E-state index in [9.17, 15) is 0 Å². The van der Waals surface area contributed by atoms with Gasteiger partial charge in [-0.25, -0.2) is 0 Å². The molecule has 0 N–H and O–H groups in total. The zero-order valence-electron chi connectivity index (χ0n) is 10.8. The van der Waals surface area contributed by atoms with Crippen molar-refractivity contribution >= 4 is 6.08 Å². The second kappa shape index (κ2) is 4.24. The van der Waals surface area contributed by atoms with Crippen LogP contribution in [0.1, 0.15) is 11.1 Å². The Labute approximate surface area is 114 Å². The van der Waals surface area contributed by atoms with E-state index in [0.29, 0.717) is 11.8 Å². The SMILES string of the molecule is C1=CC=C2C(C=C1)C=CC2C1=Cc2ccccc2C1. The van der Waals surface area contributed by atoms with E-state index in [1.807, 2.05) is 0 Å². The van der Waals surface area contributed by atoms with Crippen molar-refractivity contribution in [2.24, 2.45) is 11.8 Å². The number of fused-ring (bicyclic) bond motifs is 2. The standard InChI is InChI=1S/C19H16/c1-2-6-14-10-11-19(18(14)9-3-1)17-12-15-7-4-5-8-16(15)13-17/h1-12,14,19H,13H2. The average molecular weight is 244 g/mol. The molecule has 19 heavy (non-hydrogen) atoms. The molecule has 0 aliphatic heterocycles. The molecule has 0 spiro atoms. The van der Waals surface area contributed by atoms with Crippen LogP contribution in [-0.4, -0.2) is 0 Å². The van der Waals surface area contributed by atoms with E-state index < -0.39 is 0 Å². The summed E-state index contributed by atoms with van der Waals surface area (Å²) in [6, 6.07) is 8.73. The molecule has 0 heterocycles. The zero-order chi connectivity index (χ0) is 12.7. The number of hydrogen-bond acceptors (Lipinski definition) is 0. The Hall–Kier alpha value is -2.08. The molecule has 0 saturated carbocycles. The molecule has 92 valence electrons. The van der Waals surface area contributed by atoms with Crippen LogP contribution in [0, 0.1) is 11.8 Å². The summed E-state index contributed by atoms with van der Waals surface area (Å²) in [7, 11) is 0. The highest BCUT2D eigenvalue weighted by atomic mass is 14.3. The molecule has 0 bridgehead atoms. The lowest BCUT2D eigenvalue weighted by molar-refractivity contribution is 0.828. The largest absolute Gasteiger partial charge is 0.0766 e. The molecule has 3 aliphatic rings. The molecule has 2 atom stereocenters. The van der Waals surface area contributed by atoms with Gasteiger partial charge in [-0.3, -0.25) is 0 Å². The monoisotopic (exact) mass is 244 g/mol. The Kier molecular flexibility index (Phi) is 2.41. The summed E-state index contributed by atoms with van der Waals surface area (Å²) >= 11 is 0. The third-order valence-electron chi connectivity index (χ3n) is 4.27. The van der Waals surface area contributed by atoms with Crippen molar-refractivity contribution in [1.29, 1.82) is 0 Å². The summed E-state index contributed by atoms with van der Waals surface area (Å²) in [6.07, 6.45) is 19.2. The fourth-order valence-electron chi connectivity index (χ4n) is 3.31. The minimum atomic E-state index is 0.490. The molecule has 0 fully saturated rings. The van der Waals surface area contributed by atoms with Crippen LogP contribution in [0.2, 0.25) is 0 Å². The van der Waals surface area contributed by atoms with Gasteiger partial charge in [0, 0.05) is 11.8 Å². The lowest BCUT2D eigenvalue weighted by atomic mass is 9.88. The summed E-state index contributed by atoms with van der Waals surface area (Å²) in [6.45, 7) is 0. The fourth-order valence-corrected chi connectivity index (χ4v) is 3.31. The van der Waals surface area contributed by atoms with Crippen LogP contribution in [-0.2, 0) is 6.42 Å². The molecule has 0 amide bonds. The molecule has 1 aromatic carbocycles. The van der Waals surface area contributed by atoms with Crippen molar-refractivity contribution in [2.75, 3.05) is 0 Å². The quantitative estimate of drug-likeness (QED) is 0.639. The van der Waals surface area contributed by atoms with Gasteiger partial charge in [-0.05, 0) is 23.1 Å². The van der Waals surface area contributed by atoms with Crippen molar-refractivity contribution < 1.29 is 0 Å². The summed E-state index contributed by atoms with van der Waals surface area (Å²) in [5, 5.41) is 0. The number of allylic oxidation sites excluding steroid dienone is 9. The van der Waals surface area contributed by atoms with Crippen LogP contribution in [0.5, 0.6) is 0 Å². The Morgan fingerprint density at radius 2 is 1.84 bits per heavy atom. The van der Waals surface area contributed by atoms with E-state index in [2.05, 4.69) is 72.9 Å². The van der Waals surface area contributed by atoms with Gasteiger partial charge in [0.2, 0.25) is 0 Å². The predicted molar refractivity (Wildman–Crippen MR) is 80.6 cm³/mol. The van der Waals surface area contributed by atoms with Crippen LogP contribution in [0.15, 0.2) is 77.9 Å². The second-order valence-corrected chi connectivity index (χ2v) is 5.42. The molecular formula is C19H16. The Bertz CT molecular complexity index is 665. The van der Waals surface area contributed by atoms with Crippen LogP contribution < -0.4 is 0 Å². The van der Waals surface area contributed by atoms with Gasteiger partial charge in [-0.1, -0.05) is 78.4 Å². The number of hydrogen-bond donors (Lipinski definition) is 0. The Balaban J connectivity index is 1.69. The fraction of sp³-hybridized carbons (Fsp3) is 0.158. The van der Waals surface area contributed by atoms with E-state index in [1.54, 1.807) is 0 Å². The van der Waals surface area contributed by atoms with Gasteiger partial charge < -0.3 is 0 Å². The molecule has 0 saturated heterocycles. The first-order chi connectivity index (χ1) is 9.42. The van der Waals surface area contributed by atoms with Gasteiger partial charge in [-0.2, -0.15) is 0 Å². The average Bonchev–Trinajstić information content (AvgIpc) is 2.96. The van der Waals surface area contributed by atoms with E-state index in [4.69, 9.17) is 0 Å². The highest BCUT2D eigenvalue weighted by Crippen LogP contribution is 2.41. The van der Waals surface area contributed by atoms with Gasteiger partial charge >= 0.3 is 0 Å². The van der Waals surface area contributed by atoms with Gasteiger partial charge in [0.25, 0.3) is 0 Å². The zero-order valence-corrected chi connectivity index (χ0v) is 10.8. The molecular weight excluding hydrogens is 228 g/mol. The Morgan fingerprint density at radius 3 is 2.79 bits per heavy atom. The third kappa shape index (κ3) is 1.76. The normalized spacial score (nSPS) is 26.7. The van der Waals surface area contributed by atoms with Crippen LogP contribution in [0.3, 0.4) is 0 Å². The van der Waals surface area contributed by atoms with Crippen molar-refractivity contribution in [3.63, 3.8) is 0 Å². The van der Waals surface area contributed by atoms with Gasteiger partial charge in [0.15, 0.2) is 0 Å². The maximum absolute atomic E-state index is 2.38. The van der Waals surface area contributed by atoms with Crippen LogP contribution in [0.25, 0.3) is 6.08 Å². The Morgan fingerprint density at radius 1 is 0.895 bits per heavy atom.